The van der Waals surface area contributed by atoms with Crippen LogP contribution in [0.25, 0.3) is 10.9 Å². The number of anilines is 2. The van der Waals surface area contributed by atoms with Crippen molar-refractivity contribution in [2.24, 2.45) is 5.92 Å². The Morgan fingerprint density at radius 2 is 2.19 bits per heavy atom. The molecular weight excluding hydrogens is 264 g/mol. The first-order chi connectivity index (χ1) is 10.3. The second kappa shape index (κ2) is 6.26. The molecule has 0 radical (unpaired) electrons. The molecule has 0 spiro atoms. The Morgan fingerprint density at radius 3 is 3.00 bits per heavy atom. The quantitative estimate of drug-likeness (QED) is 0.936. The Labute approximate surface area is 125 Å². The van der Waals surface area contributed by atoms with Gasteiger partial charge in [-0.1, -0.05) is 12.1 Å². The van der Waals surface area contributed by atoms with Gasteiger partial charge in [0.05, 0.1) is 12.1 Å². The molecule has 1 aliphatic heterocycles. The van der Waals surface area contributed by atoms with Crippen LogP contribution in [0.3, 0.4) is 0 Å². The molecule has 1 aliphatic rings. The van der Waals surface area contributed by atoms with Gasteiger partial charge in [-0.15, -0.1) is 0 Å². The highest BCUT2D eigenvalue weighted by Crippen LogP contribution is 2.29. The SMILES string of the molecule is CNc1nc(N2CCCC(COC)C2)c2ccccc2n1. The molecule has 1 unspecified atom stereocenters. The van der Waals surface area contributed by atoms with Crippen LogP contribution < -0.4 is 10.2 Å². The second-order valence-corrected chi connectivity index (χ2v) is 5.55. The average molecular weight is 286 g/mol. The molecular formula is C16H22N4O. The Bertz CT molecular complexity index is 614. The molecule has 1 saturated heterocycles. The highest BCUT2D eigenvalue weighted by Gasteiger charge is 2.22. The van der Waals surface area contributed by atoms with Crippen molar-refractivity contribution in [1.29, 1.82) is 0 Å². The zero-order valence-electron chi connectivity index (χ0n) is 12.7. The highest BCUT2D eigenvalue weighted by molar-refractivity contribution is 5.90. The first kappa shape index (κ1) is 14.1. The van der Waals surface area contributed by atoms with E-state index in [1.165, 1.54) is 12.8 Å². The van der Waals surface area contributed by atoms with E-state index >= 15 is 0 Å². The van der Waals surface area contributed by atoms with E-state index < -0.39 is 0 Å². The van der Waals surface area contributed by atoms with E-state index in [0.717, 1.165) is 36.4 Å². The van der Waals surface area contributed by atoms with Gasteiger partial charge in [-0.25, -0.2) is 4.98 Å². The van der Waals surface area contributed by atoms with Crippen LogP contribution >= 0.6 is 0 Å². The number of nitrogens with zero attached hydrogens (tertiary/aromatic N) is 3. The van der Waals surface area contributed by atoms with Crippen molar-refractivity contribution in [1.82, 2.24) is 9.97 Å². The molecule has 0 aliphatic carbocycles. The summed E-state index contributed by atoms with van der Waals surface area (Å²) in [6, 6.07) is 8.20. The number of piperidine rings is 1. The van der Waals surface area contributed by atoms with Gasteiger partial charge in [0.1, 0.15) is 5.82 Å². The number of hydrogen-bond donors (Lipinski definition) is 1. The Balaban J connectivity index is 1.98. The van der Waals surface area contributed by atoms with E-state index in [2.05, 4.69) is 21.3 Å². The van der Waals surface area contributed by atoms with Gasteiger partial charge in [0.15, 0.2) is 0 Å². The fourth-order valence-corrected chi connectivity index (χ4v) is 3.04. The first-order valence-electron chi connectivity index (χ1n) is 7.50. The van der Waals surface area contributed by atoms with Crippen molar-refractivity contribution in [3.05, 3.63) is 24.3 Å². The van der Waals surface area contributed by atoms with Crippen LogP contribution in [0.15, 0.2) is 24.3 Å². The molecule has 0 bridgehead atoms. The molecule has 1 N–H and O–H groups in total. The smallest absolute Gasteiger partial charge is 0.224 e. The maximum Gasteiger partial charge on any atom is 0.224 e. The lowest BCUT2D eigenvalue weighted by Crippen LogP contribution is -2.37. The fraction of sp³-hybridized carbons (Fsp3) is 0.500. The topological polar surface area (TPSA) is 50.3 Å². The minimum absolute atomic E-state index is 0.579. The minimum atomic E-state index is 0.579. The summed E-state index contributed by atoms with van der Waals surface area (Å²) in [5.74, 6) is 2.29. The average Bonchev–Trinajstić information content (AvgIpc) is 2.54. The van der Waals surface area contributed by atoms with E-state index in [1.807, 2.05) is 25.2 Å². The van der Waals surface area contributed by atoms with Crippen LogP contribution in [0.4, 0.5) is 11.8 Å². The summed E-state index contributed by atoms with van der Waals surface area (Å²) in [4.78, 5) is 11.6. The van der Waals surface area contributed by atoms with Gasteiger partial charge in [0.25, 0.3) is 0 Å². The van der Waals surface area contributed by atoms with Gasteiger partial charge in [-0.2, -0.15) is 4.98 Å². The van der Waals surface area contributed by atoms with Gasteiger partial charge < -0.3 is 15.0 Å². The molecule has 3 rings (SSSR count). The van der Waals surface area contributed by atoms with Crippen LogP contribution in [0.5, 0.6) is 0 Å². The standard InChI is InChI=1S/C16H22N4O/c1-17-16-18-14-8-4-3-7-13(14)15(19-16)20-9-5-6-12(10-20)11-21-2/h3-4,7-8,12H,5-6,9-11H2,1-2H3,(H,17,18,19). The summed E-state index contributed by atoms with van der Waals surface area (Å²) in [6.07, 6.45) is 2.41. The van der Waals surface area contributed by atoms with Crippen molar-refractivity contribution in [3.63, 3.8) is 0 Å². The summed E-state index contributed by atoms with van der Waals surface area (Å²) in [5, 5.41) is 4.18. The normalized spacial score (nSPS) is 19.0. The van der Waals surface area contributed by atoms with E-state index in [0.29, 0.717) is 11.9 Å². The van der Waals surface area contributed by atoms with E-state index in [1.54, 1.807) is 7.11 Å². The zero-order chi connectivity index (χ0) is 14.7. The van der Waals surface area contributed by atoms with E-state index in [-0.39, 0.29) is 0 Å². The predicted octanol–water partition coefficient (Wildman–Crippen LogP) is 2.53. The molecule has 21 heavy (non-hydrogen) atoms. The molecule has 112 valence electrons. The lowest BCUT2D eigenvalue weighted by atomic mass is 9.98. The van der Waals surface area contributed by atoms with Crippen molar-refractivity contribution < 1.29 is 4.74 Å². The summed E-state index contributed by atoms with van der Waals surface area (Å²) < 4.78 is 5.33. The monoisotopic (exact) mass is 286 g/mol. The number of fused-ring (bicyclic) bond motifs is 1. The van der Waals surface area contributed by atoms with Crippen molar-refractivity contribution in [2.45, 2.75) is 12.8 Å². The number of rotatable bonds is 4. The Morgan fingerprint density at radius 1 is 1.33 bits per heavy atom. The third-order valence-corrected chi connectivity index (χ3v) is 4.03. The van der Waals surface area contributed by atoms with E-state index in [9.17, 15) is 0 Å². The first-order valence-corrected chi connectivity index (χ1v) is 7.50. The summed E-state index contributed by atoms with van der Waals surface area (Å²) >= 11 is 0. The maximum absolute atomic E-state index is 5.33. The highest BCUT2D eigenvalue weighted by atomic mass is 16.5. The number of methoxy groups -OCH3 is 1. The minimum Gasteiger partial charge on any atom is -0.384 e. The van der Waals surface area contributed by atoms with Gasteiger partial charge in [0, 0.05) is 32.6 Å². The molecule has 1 fully saturated rings. The van der Waals surface area contributed by atoms with Crippen LogP contribution in [-0.4, -0.2) is 43.8 Å². The maximum atomic E-state index is 5.33. The zero-order valence-corrected chi connectivity index (χ0v) is 12.7. The lowest BCUT2D eigenvalue weighted by Gasteiger charge is -2.34. The van der Waals surface area contributed by atoms with Crippen molar-refractivity contribution in [2.75, 3.05) is 44.1 Å². The predicted molar refractivity (Wildman–Crippen MR) is 85.9 cm³/mol. The molecule has 2 aromatic rings. The number of hydrogen-bond acceptors (Lipinski definition) is 5. The molecule has 1 atom stereocenters. The van der Waals surface area contributed by atoms with Gasteiger partial charge in [-0.05, 0) is 30.9 Å². The molecule has 1 aromatic carbocycles. The molecule has 2 heterocycles. The summed E-state index contributed by atoms with van der Waals surface area (Å²) in [5.41, 5.74) is 0.987. The number of nitrogens with one attached hydrogen (secondary N) is 1. The molecule has 0 amide bonds. The van der Waals surface area contributed by atoms with Crippen molar-refractivity contribution >= 4 is 22.7 Å². The molecule has 5 heteroatoms. The van der Waals surface area contributed by atoms with Gasteiger partial charge in [-0.3, -0.25) is 0 Å². The third kappa shape index (κ3) is 2.93. The van der Waals surface area contributed by atoms with Crippen molar-refractivity contribution in [3.8, 4) is 0 Å². The summed E-state index contributed by atoms with van der Waals surface area (Å²) in [6.45, 7) is 2.86. The number of para-hydroxylation sites is 1. The fourth-order valence-electron chi connectivity index (χ4n) is 3.04. The van der Waals surface area contributed by atoms with Crippen LogP contribution in [0.2, 0.25) is 0 Å². The number of benzene rings is 1. The Kier molecular flexibility index (Phi) is 4.20. The Hall–Kier alpha value is -1.88. The third-order valence-electron chi connectivity index (χ3n) is 4.03. The molecule has 0 saturated carbocycles. The number of ether oxygens (including phenoxy) is 1. The van der Waals surface area contributed by atoms with Gasteiger partial charge in [0.2, 0.25) is 5.95 Å². The van der Waals surface area contributed by atoms with Crippen LogP contribution in [0, 0.1) is 5.92 Å². The van der Waals surface area contributed by atoms with Crippen LogP contribution in [0.1, 0.15) is 12.8 Å². The molecule has 1 aromatic heterocycles. The van der Waals surface area contributed by atoms with E-state index in [4.69, 9.17) is 9.72 Å². The van der Waals surface area contributed by atoms with Crippen LogP contribution in [-0.2, 0) is 4.74 Å². The largest absolute Gasteiger partial charge is 0.384 e. The van der Waals surface area contributed by atoms with Gasteiger partial charge >= 0.3 is 0 Å². The second-order valence-electron chi connectivity index (χ2n) is 5.55. The lowest BCUT2D eigenvalue weighted by molar-refractivity contribution is 0.143. The molecule has 5 nitrogen and oxygen atoms in total. The number of aromatic nitrogens is 2. The summed E-state index contributed by atoms with van der Waals surface area (Å²) in [7, 11) is 3.63.